The lowest BCUT2D eigenvalue weighted by atomic mass is 10.00. The standard InChI is InChI=1S/C13H15F2NO3S/c14-9-3-10(15)5-11(4-9)20(18,19)16-6-8-1-2-13(17)12(8)7-16/h3-5,8,12-13,17H,1-2,6-7H2. The van der Waals surface area contributed by atoms with Gasteiger partial charge in [0.15, 0.2) is 0 Å². The summed E-state index contributed by atoms with van der Waals surface area (Å²) in [6.07, 6.45) is 0.997. The monoisotopic (exact) mass is 303 g/mol. The van der Waals surface area contributed by atoms with Gasteiger partial charge in [-0.1, -0.05) is 0 Å². The molecular formula is C13H15F2NO3S. The van der Waals surface area contributed by atoms with Gasteiger partial charge in [0.1, 0.15) is 11.6 Å². The lowest BCUT2D eigenvalue weighted by Crippen LogP contribution is -2.31. The topological polar surface area (TPSA) is 57.6 Å². The maximum Gasteiger partial charge on any atom is 0.243 e. The Hall–Kier alpha value is -1.05. The molecule has 0 radical (unpaired) electrons. The smallest absolute Gasteiger partial charge is 0.243 e. The average Bonchev–Trinajstić information content (AvgIpc) is 2.91. The van der Waals surface area contributed by atoms with Gasteiger partial charge >= 0.3 is 0 Å². The maximum atomic E-state index is 13.2. The van der Waals surface area contributed by atoms with Gasteiger partial charge in [-0.15, -0.1) is 0 Å². The van der Waals surface area contributed by atoms with Crippen LogP contribution in [0.4, 0.5) is 8.78 Å². The summed E-state index contributed by atoms with van der Waals surface area (Å²) in [5.41, 5.74) is 0. The quantitative estimate of drug-likeness (QED) is 0.897. The highest BCUT2D eigenvalue weighted by Crippen LogP contribution is 2.40. The van der Waals surface area contributed by atoms with Crippen molar-refractivity contribution in [3.63, 3.8) is 0 Å². The summed E-state index contributed by atoms with van der Waals surface area (Å²) in [5, 5.41) is 9.80. The van der Waals surface area contributed by atoms with Crippen LogP contribution in [-0.2, 0) is 10.0 Å². The van der Waals surface area contributed by atoms with Crippen molar-refractivity contribution in [2.75, 3.05) is 13.1 Å². The molecule has 0 spiro atoms. The average molecular weight is 303 g/mol. The van der Waals surface area contributed by atoms with Crippen molar-refractivity contribution in [1.29, 1.82) is 0 Å². The van der Waals surface area contributed by atoms with Crippen LogP contribution in [0.5, 0.6) is 0 Å². The van der Waals surface area contributed by atoms with Gasteiger partial charge in [0.05, 0.1) is 11.0 Å². The summed E-state index contributed by atoms with van der Waals surface area (Å²) in [5.74, 6) is -1.76. The van der Waals surface area contributed by atoms with E-state index >= 15 is 0 Å². The Morgan fingerprint density at radius 3 is 2.35 bits per heavy atom. The molecule has 1 N–H and O–H groups in total. The van der Waals surface area contributed by atoms with E-state index in [1.165, 1.54) is 4.31 Å². The van der Waals surface area contributed by atoms with Gasteiger partial charge in [0, 0.05) is 25.1 Å². The molecule has 3 rings (SSSR count). The maximum absolute atomic E-state index is 13.2. The Balaban J connectivity index is 1.90. The minimum absolute atomic E-state index is 0.0665. The summed E-state index contributed by atoms with van der Waals surface area (Å²) in [7, 11) is -3.91. The van der Waals surface area contributed by atoms with Crippen molar-refractivity contribution in [1.82, 2.24) is 4.31 Å². The number of hydrogen-bond donors (Lipinski definition) is 1. The summed E-state index contributed by atoms with van der Waals surface area (Å²) >= 11 is 0. The third-order valence-corrected chi connectivity index (χ3v) is 6.07. The van der Waals surface area contributed by atoms with Gasteiger partial charge in [-0.2, -0.15) is 4.31 Å². The van der Waals surface area contributed by atoms with Gasteiger partial charge in [0.25, 0.3) is 0 Å². The molecule has 0 bridgehead atoms. The Labute approximate surface area is 116 Å². The molecule has 1 heterocycles. The number of fused-ring (bicyclic) bond motifs is 1. The molecule has 20 heavy (non-hydrogen) atoms. The van der Waals surface area contributed by atoms with Crippen LogP contribution in [0.15, 0.2) is 23.1 Å². The van der Waals surface area contributed by atoms with Crippen LogP contribution in [0, 0.1) is 23.5 Å². The van der Waals surface area contributed by atoms with E-state index < -0.39 is 27.8 Å². The van der Waals surface area contributed by atoms with Crippen molar-refractivity contribution >= 4 is 10.0 Å². The predicted molar refractivity (Wildman–Crippen MR) is 67.3 cm³/mol. The second-order valence-corrected chi connectivity index (χ2v) is 7.43. The van der Waals surface area contributed by atoms with Crippen LogP contribution in [0.1, 0.15) is 12.8 Å². The molecule has 110 valence electrons. The highest BCUT2D eigenvalue weighted by atomic mass is 32.2. The van der Waals surface area contributed by atoms with Crippen LogP contribution < -0.4 is 0 Å². The fraction of sp³-hybridized carbons (Fsp3) is 0.538. The fourth-order valence-electron chi connectivity index (χ4n) is 3.22. The van der Waals surface area contributed by atoms with Crippen molar-refractivity contribution in [3.05, 3.63) is 29.8 Å². The zero-order valence-corrected chi connectivity index (χ0v) is 11.5. The highest BCUT2D eigenvalue weighted by Gasteiger charge is 2.45. The van der Waals surface area contributed by atoms with Gasteiger partial charge in [-0.3, -0.25) is 0 Å². The van der Waals surface area contributed by atoms with Crippen LogP contribution >= 0.6 is 0 Å². The second-order valence-electron chi connectivity index (χ2n) is 5.50. The molecule has 0 amide bonds. The largest absolute Gasteiger partial charge is 0.393 e. The molecule has 1 aromatic rings. The van der Waals surface area contributed by atoms with E-state index in [2.05, 4.69) is 0 Å². The predicted octanol–water partition coefficient (Wildman–Crippen LogP) is 1.36. The second kappa shape index (κ2) is 4.75. The summed E-state index contributed by atoms with van der Waals surface area (Å²) in [4.78, 5) is -0.371. The number of benzene rings is 1. The molecular weight excluding hydrogens is 288 g/mol. The van der Waals surface area contributed by atoms with Gasteiger partial charge in [-0.05, 0) is 30.9 Å². The first-order chi connectivity index (χ1) is 9.38. The molecule has 7 heteroatoms. The van der Waals surface area contributed by atoms with Gasteiger partial charge in [0.2, 0.25) is 10.0 Å². The molecule has 1 aliphatic carbocycles. The number of nitrogens with zero attached hydrogens (tertiary/aromatic N) is 1. The van der Waals surface area contributed by atoms with E-state index in [1.54, 1.807) is 0 Å². The van der Waals surface area contributed by atoms with Crippen molar-refractivity contribution in [2.24, 2.45) is 11.8 Å². The lowest BCUT2D eigenvalue weighted by molar-refractivity contribution is 0.129. The van der Waals surface area contributed by atoms with E-state index in [-0.39, 0.29) is 23.3 Å². The third kappa shape index (κ3) is 2.23. The van der Waals surface area contributed by atoms with E-state index in [4.69, 9.17) is 0 Å². The van der Waals surface area contributed by atoms with Crippen LogP contribution in [-0.4, -0.2) is 37.0 Å². The molecule has 1 aromatic carbocycles. The third-order valence-electron chi connectivity index (χ3n) is 4.26. The van der Waals surface area contributed by atoms with Crippen LogP contribution in [0.25, 0.3) is 0 Å². The summed E-state index contributed by atoms with van der Waals surface area (Å²) in [6.45, 7) is 0.522. The van der Waals surface area contributed by atoms with Crippen LogP contribution in [0.2, 0.25) is 0 Å². The summed E-state index contributed by atoms with van der Waals surface area (Å²) in [6, 6.07) is 2.29. The summed E-state index contributed by atoms with van der Waals surface area (Å²) < 4.78 is 52.3. The molecule has 3 atom stereocenters. The molecule has 3 unspecified atom stereocenters. The number of rotatable bonds is 2. The van der Waals surface area contributed by atoms with E-state index in [1.807, 2.05) is 0 Å². The zero-order chi connectivity index (χ0) is 14.5. The molecule has 4 nitrogen and oxygen atoms in total. The number of sulfonamides is 1. The zero-order valence-electron chi connectivity index (χ0n) is 10.7. The van der Waals surface area contributed by atoms with Gasteiger partial charge < -0.3 is 5.11 Å². The first-order valence-electron chi connectivity index (χ1n) is 6.52. The Kier molecular flexibility index (Phi) is 3.30. The van der Waals surface area contributed by atoms with Crippen LogP contribution in [0.3, 0.4) is 0 Å². The first-order valence-corrected chi connectivity index (χ1v) is 7.96. The van der Waals surface area contributed by atoms with Crippen molar-refractivity contribution in [3.8, 4) is 0 Å². The van der Waals surface area contributed by atoms with E-state index in [9.17, 15) is 22.3 Å². The minimum atomic E-state index is -3.91. The highest BCUT2D eigenvalue weighted by molar-refractivity contribution is 7.89. The number of hydrogen-bond acceptors (Lipinski definition) is 3. The molecule has 2 aliphatic rings. The fourth-order valence-corrected chi connectivity index (χ4v) is 4.80. The Bertz CT molecular complexity index is 614. The molecule has 1 saturated heterocycles. The first kappa shape index (κ1) is 13.9. The SMILES string of the molecule is O=S(=O)(c1cc(F)cc(F)c1)N1CC2CCC(O)C2C1. The minimum Gasteiger partial charge on any atom is -0.393 e. The van der Waals surface area contributed by atoms with Crippen molar-refractivity contribution in [2.45, 2.75) is 23.8 Å². The lowest BCUT2D eigenvalue weighted by Gasteiger charge is -2.18. The van der Waals surface area contributed by atoms with Crippen molar-refractivity contribution < 1.29 is 22.3 Å². The number of aliphatic hydroxyl groups is 1. The molecule has 1 saturated carbocycles. The Morgan fingerprint density at radius 1 is 1.10 bits per heavy atom. The van der Waals surface area contributed by atoms with E-state index in [0.29, 0.717) is 19.0 Å². The van der Waals surface area contributed by atoms with Gasteiger partial charge in [-0.25, -0.2) is 17.2 Å². The molecule has 1 aliphatic heterocycles. The molecule has 2 fully saturated rings. The number of halogens is 2. The Morgan fingerprint density at radius 2 is 1.75 bits per heavy atom. The molecule has 0 aromatic heterocycles. The number of aliphatic hydroxyl groups excluding tert-OH is 1. The normalized spacial score (nSPS) is 30.6. The van der Waals surface area contributed by atoms with E-state index in [0.717, 1.165) is 18.6 Å².